The van der Waals surface area contributed by atoms with Crippen LogP contribution in [0.3, 0.4) is 0 Å². The molecule has 94 valence electrons. The third-order valence-corrected chi connectivity index (χ3v) is 2.74. The Bertz CT molecular complexity index is 473. The summed E-state index contributed by atoms with van der Waals surface area (Å²) in [6.07, 6.45) is 0. The largest absolute Gasteiger partial charge is 0.383 e. The van der Waals surface area contributed by atoms with E-state index in [1.807, 2.05) is 54.6 Å². The van der Waals surface area contributed by atoms with E-state index in [1.165, 1.54) is 0 Å². The van der Waals surface area contributed by atoms with Gasteiger partial charge in [-0.05, 0) is 29.8 Å². The molecule has 2 rings (SSSR count). The van der Waals surface area contributed by atoms with Gasteiger partial charge < -0.3 is 10.1 Å². The molecular weight excluding hydrogens is 246 g/mol. The zero-order valence-corrected chi connectivity index (χ0v) is 10.9. The SMILES string of the molecule is Clc1cccc(COCCNc2ccccc2)c1. The highest BCUT2D eigenvalue weighted by molar-refractivity contribution is 6.30. The highest BCUT2D eigenvalue weighted by Crippen LogP contribution is 2.11. The first-order valence-electron chi connectivity index (χ1n) is 5.96. The third kappa shape index (κ3) is 4.40. The van der Waals surface area contributed by atoms with Crippen LogP contribution in [-0.4, -0.2) is 13.2 Å². The molecule has 0 amide bonds. The van der Waals surface area contributed by atoms with Crippen LogP contribution >= 0.6 is 11.6 Å². The van der Waals surface area contributed by atoms with Gasteiger partial charge in [-0.1, -0.05) is 41.9 Å². The first kappa shape index (κ1) is 12.9. The Kier molecular flexibility index (Phi) is 5.06. The smallest absolute Gasteiger partial charge is 0.0718 e. The van der Waals surface area contributed by atoms with Crippen LogP contribution in [0, 0.1) is 0 Å². The number of ether oxygens (including phenoxy) is 1. The van der Waals surface area contributed by atoms with Crippen molar-refractivity contribution in [3.63, 3.8) is 0 Å². The molecule has 0 bridgehead atoms. The van der Waals surface area contributed by atoms with Crippen LogP contribution in [0.2, 0.25) is 5.02 Å². The summed E-state index contributed by atoms with van der Waals surface area (Å²) in [6, 6.07) is 17.8. The molecule has 0 unspecified atom stereocenters. The summed E-state index contributed by atoms with van der Waals surface area (Å²) in [7, 11) is 0. The molecular formula is C15H16ClNO. The third-order valence-electron chi connectivity index (χ3n) is 2.51. The number of hydrogen-bond acceptors (Lipinski definition) is 2. The highest BCUT2D eigenvalue weighted by Gasteiger charge is 1.95. The molecule has 2 aromatic carbocycles. The Balaban J connectivity index is 1.65. The average Bonchev–Trinajstić information content (AvgIpc) is 2.40. The van der Waals surface area contributed by atoms with Crippen molar-refractivity contribution in [3.8, 4) is 0 Å². The van der Waals surface area contributed by atoms with E-state index in [1.54, 1.807) is 0 Å². The zero-order chi connectivity index (χ0) is 12.6. The molecule has 0 aromatic heterocycles. The van der Waals surface area contributed by atoms with Crippen molar-refractivity contribution in [1.29, 1.82) is 0 Å². The fraction of sp³-hybridized carbons (Fsp3) is 0.200. The zero-order valence-electron chi connectivity index (χ0n) is 10.1. The Labute approximate surface area is 113 Å². The van der Waals surface area contributed by atoms with E-state index >= 15 is 0 Å². The summed E-state index contributed by atoms with van der Waals surface area (Å²) in [5, 5.41) is 4.04. The molecule has 2 nitrogen and oxygen atoms in total. The number of rotatable bonds is 6. The summed E-state index contributed by atoms with van der Waals surface area (Å²) >= 11 is 5.90. The lowest BCUT2D eigenvalue weighted by atomic mass is 10.2. The number of halogens is 1. The molecule has 1 N–H and O–H groups in total. The first-order valence-corrected chi connectivity index (χ1v) is 6.33. The average molecular weight is 262 g/mol. The summed E-state index contributed by atoms with van der Waals surface area (Å²) in [4.78, 5) is 0. The quantitative estimate of drug-likeness (QED) is 0.795. The first-order chi connectivity index (χ1) is 8.84. The van der Waals surface area contributed by atoms with Crippen LogP contribution in [0.4, 0.5) is 5.69 Å². The Morgan fingerprint density at radius 1 is 1.00 bits per heavy atom. The molecule has 2 aromatic rings. The molecule has 0 saturated carbocycles. The monoisotopic (exact) mass is 261 g/mol. The van der Waals surface area contributed by atoms with Crippen molar-refractivity contribution in [1.82, 2.24) is 0 Å². The minimum Gasteiger partial charge on any atom is -0.383 e. The van der Waals surface area contributed by atoms with Crippen LogP contribution in [0.15, 0.2) is 54.6 Å². The molecule has 0 aliphatic carbocycles. The summed E-state index contributed by atoms with van der Waals surface area (Å²) in [5.74, 6) is 0. The molecule has 18 heavy (non-hydrogen) atoms. The maximum Gasteiger partial charge on any atom is 0.0718 e. The van der Waals surface area contributed by atoms with Gasteiger partial charge in [-0.3, -0.25) is 0 Å². The maximum atomic E-state index is 5.90. The number of nitrogens with one attached hydrogen (secondary N) is 1. The minimum atomic E-state index is 0.594. The van der Waals surface area contributed by atoms with Crippen molar-refractivity contribution in [2.45, 2.75) is 6.61 Å². The number of hydrogen-bond donors (Lipinski definition) is 1. The Morgan fingerprint density at radius 3 is 2.61 bits per heavy atom. The molecule has 0 heterocycles. The van der Waals surface area contributed by atoms with E-state index in [0.717, 1.165) is 22.8 Å². The topological polar surface area (TPSA) is 21.3 Å². The van der Waals surface area contributed by atoms with Gasteiger partial charge in [0.15, 0.2) is 0 Å². The van der Waals surface area contributed by atoms with Crippen molar-refractivity contribution in [2.75, 3.05) is 18.5 Å². The molecule has 0 atom stereocenters. The lowest BCUT2D eigenvalue weighted by Crippen LogP contribution is -2.09. The van der Waals surface area contributed by atoms with E-state index in [9.17, 15) is 0 Å². The van der Waals surface area contributed by atoms with Crippen molar-refractivity contribution in [2.24, 2.45) is 0 Å². The van der Waals surface area contributed by atoms with Gasteiger partial charge in [-0.2, -0.15) is 0 Å². The molecule has 0 saturated heterocycles. The van der Waals surface area contributed by atoms with Crippen LogP contribution in [0.5, 0.6) is 0 Å². The van der Waals surface area contributed by atoms with Gasteiger partial charge >= 0.3 is 0 Å². The van der Waals surface area contributed by atoms with Crippen LogP contribution < -0.4 is 5.32 Å². The second-order valence-corrected chi connectivity index (χ2v) is 4.41. The van der Waals surface area contributed by atoms with Crippen LogP contribution in [0.25, 0.3) is 0 Å². The fourth-order valence-electron chi connectivity index (χ4n) is 1.64. The summed E-state index contributed by atoms with van der Waals surface area (Å²) in [6.45, 7) is 2.06. The minimum absolute atomic E-state index is 0.594. The second kappa shape index (κ2) is 7.04. The Hall–Kier alpha value is -1.51. The van der Waals surface area contributed by atoms with E-state index in [-0.39, 0.29) is 0 Å². The predicted octanol–water partition coefficient (Wildman–Crippen LogP) is 3.97. The van der Waals surface area contributed by atoms with E-state index in [0.29, 0.717) is 13.2 Å². The normalized spacial score (nSPS) is 10.3. The molecule has 0 fully saturated rings. The molecule has 0 spiro atoms. The molecule has 0 radical (unpaired) electrons. The van der Waals surface area contributed by atoms with Crippen molar-refractivity contribution in [3.05, 3.63) is 65.2 Å². The Morgan fingerprint density at radius 2 is 1.83 bits per heavy atom. The van der Waals surface area contributed by atoms with Crippen LogP contribution in [-0.2, 0) is 11.3 Å². The number of para-hydroxylation sites is 1. The van der Waals surface area contributed by atoms with Gasteiger partial charge in [-0.25, -0.2) is 0 Å². The fourth-order valence-corrected chi connectivity index (χ4v) is 1.85. The molecule has 0 aliphatic heterocycles. The molecule has 3 heteroatoms. The van der Waals surface area contributed by atoms with Gasteiger partial charge in [0.05, 0.1) is 13.2 Å². The maximum absolute atomic E-state index is 5.90. The number of benzene rings is 2. The van der Waals surface area contributed by atoms with Gasteiger partial charge in [0.25, 0.3) is 0 Å². The van der Waals surface area contributed by atoms with E-state index in [2.05, 4.69) is 5.32 Å². The summed E-state index contributed by atoms with van der Waals surface area (Å²) < 4.78 is 5.58. The predicted molar refractivity (Wildman–Crippen MR) is 76.0 cm³/mol. The van der Waals surface area contributed by atoms with Gasteiger partial charge in [0.1, 0.15) is 0 Å². The van der Waals surface area contributed by atoms with Gasteiger partial charge in [0, 0.05) is 17.3 Å². The number of anilines is 1. The lowest BCUT2D eigenvalue weighted by molar-refractivity contribution is 0.130. The lowest BCUT2D eigenvalue weighted by Gasteiger charge is -2.07. The van der Waals surface area contributed by atoms with Crippen molar-refractivity contribution >= 4 is 17.3 Å². The standard InChI is InChI=1S/C15H16ClNO/c16-14-6-4-5-13(11-14)12-18-10-9-17-15-7-2-1-3-8-15/h1-8,11,17H,9-10,12H2. The summed E-state index contributed by atoms with van der Waals surface area (Å²) in [5.41, 5.74) is 2.21. The molecule has 0 aliphatic rings. The van der Waals surface area contributed by atoms with E-state index < -0.39 is 0 Å². The van der Waals surface area contributed by atoms with Gasteiger partial charge in [0.2, 0.25) is 0 Å². The van der Waals surface area contributed by atoms with E-state index in [4.69, 9.17) is 16.3 Å². The van der Waals surface area contributed by atoms with Gasteiger partial charge in [-0.15, -0.1) is 0 Å². The van der Waals surface area contributed by atoms with Crippen molar-refractivity contribution < 1.29 is 4.74 Å². The van der Waals surface area contributed by atoms with Crippen LogP contribution in [0.1, 0.15) is 5.56 Å². The highest BCUT2D eigenvalue weighted by atomic mass is 35.5. The second-order valence-electron chi connectivity index (χ2n) is 3.98.